The van der Waals surface area contributed by atoms with E-state index < -0.39 is 0 Å². The largest absolute Gasteiger partial charge is 0.302 e. The molecule has 4 rings (SSSR count). The highest BCUT2D eigenvalue weighted by Crippen LogP contribution is 2.32. The molecule has 138 valence electrons. The van der Waals surface area contributed by atoms with Crippen molar-refractivity contribution in [1.29, 1.82) is 0 Å². The van der Waals surface area contributed by atoms with Crippen LogP contribution in [0.1, 0.15) is 20.7 Å². The molecule has 2 amide bonds. The highest BCUT2D eigenvalue weighted by molar-refractivity contribution is 6.12. The first kappa shape index (κ1) is 17.7. The molecule has 0 atom stereocenters. The topological polar surface area (TPSA) is 40.6 Å². The standard InChI is InChI=1S/C24H20N2O2/c27-23(19-11-3-1-4-12-19)25-17-9-10-18-26(22-16-8-7-15-21(22)25)24(28)20-13-5-2-6-14-20/h1-16H,17-18H2/b10-9-. The number of amides is 2. The number of carbonyl (C=O) groups is 2. The monoisotopic (exact) mass is 368 g/mol. The van der Waals surface area contributed by atoms with E-state index in [1.807, 2.05) is 72.8 Å². The second-order valence-corrected chi connectivity index (χ2v) is 6.52. The number of rotatable bonds is 2. The number of anilines is 2. The summed E-state index contributed by atoms with van der Waals surface area (Å²) < 4.78 is 0. The second-order valence-electron chi connectivity index (χ2n) is 6.52. The minimum atomic E-state index is -0.0910. The Hall–Kier alpha value is -3.66. The van der Waals surface area contributed by atoms with Gasteiger partial charge in [-0.2, -0.15) is 0 Å². The lowest BCUT2D eigenvalue weighted by molar-refractivity contribution is 0.0977. The Bertz CT molecular complexity index is 931. The van der Waals surface area contributed by atoms with Crippen molar-refractivity contribution < 1.29 is 9.59 Å². The van der Waals surface area contributed by atoms with Gasteiger partial charge in [-0.3, -0.25) is 9.59 Å². The summed E-state index contributed by atoms with van der Waals surface area (Å²) in [5.41, 5.74) is 2.69. The SMILES string of the molecule is O=C(c1ccccc1)N1C/C=C\CN(C(=O)c2ccccc2)c2ccccc21. The van der Waals surface area contributed by atoms with Crippen LogP contribution >= 0.6 is 0 Å². The summed E-state index contributed by atoms with van der Waals surface area (Å²) in [5, 5.41) is 0. The molecule has 0 radical (unpaired) electrons. The van der Waals surface area contributed by atoms with Gasteiger partial charge in [0.05, 0.1) is 11.4 Å². The summed E-state index contributed by atoms with van der Waals surface area (Å²) in [6.07, 6.45) is 3.87. The molecule has 0 unspecified atom stereocenters. The molecule has 28 heavy (non-hydrogen) atoms. The van der Waals surface area contributed by atoms with Crippen LogP contribution in [0.3, 0.4) is 0 Å². The van der Waals surface area contributed by atoms with Crippen LogP contribution in [0.2, 0.25) is 0 Å². The molecule has 3 aromatic carbocycles. The zero-order chi connectivity index (χ0) is 19.3. The fourth-order valence-corrected chi connectivity index (χ4v) is 3.33. The molecule has 0 spiro atoms. The number of hydrogen-bond donors (Lipinski definition) is 0. The molecule has 0 saturated heterocycles. The molecule has 0 aromatic heterocycles. The number of fused-ring (bicyclic) bond motifs is 1. The number of nitrogens with zero attached hydrogens (tertiary/aromatic N) is 2. The van der Waals surface area contributed by atoms with E-state index in [1.165, 1.54) is 0 Å². The van der Waals surface area contributed by atoms with Gasteiger partial charge in [0.1, 0.15) is 0 Å². The van der Waals surface area contributed by atoms with Crippen molar-refractivity contribution in [2.75, 3.05) is 22.9 Å². The van der Waals surface area contributed by atoms with Crippen LogP contribution < -0.4 is 9.80 Å². The van der Waals surface area contributed by atoms with Crippen LogP contribution in [0.4, 0.5) is 11.4 Å². The molecule has 3 aromatic rings. The van der Waals surface area contributed by atoms with Gasteiger partial charge in [0.15, 0.2) is 0 Å². The van der Waals surface area contributed by atoms with Crippen molar-refractivity contribution in [2.45, 2.75) is 0 Å². The minimum absolute atomic E-state index is 0.0910. The molecule has 1 aliphatic rings. The van der Waals surface area contributed by atoms with Crippen molar-refractivity contribution in [2.24, 2.45) is 0 Å². The van der Waals surface area contributed by atoms with E-state index in [9.17, 15) is 9.59 Å². The summed E-state index contributed by atoms with van der Waals surface area (Å²) in [6, 6.07) is 26.0. The molecular formula is C24H20N2O2. The van der Waals surface area contributed by atoms with Crippen molar-refractivity contribution in [3.8, 4) is 0 Å². The van der Waals surface area contributed by atoms with E-state index in [4.69, 9.17) is 0 Å². The summed E-state index contributed by atoms with van der Waals surface area (Å²) in [5.74, 6) is -0.182. The van der Waals surface area contributed by atoms with Crippen LogP contribution in [-0.2, 0) is 0 Å². The van der Waals surface area contributed by atoms with Gasteiger partial charge in [0, 0.05) is 24.2 Å². The van der Waals surface area contributed by atoms with Gasteiger partial charge in [-0.05, 0) is 36.4 Å². The van der Waals surface area contributed by atoms with Gasteiger partial charge in [0.2, 0.25) is 0 Å². The number of para-hydroxylation sites is 2. The average molecular weight is 368 g/mol. The van der Waals surface area contributed by atoms with Crippen LogP contribution in [0.25, 0.3) is 0 Å². The lowest BCUT2D eigenvalue weighted by Gasteiger charge is -2.31. The molecule has 0 fully saturated rings. The van der Waals surface area contributed by atoms with Crippen LogP contribution in [0.15, 0.2) is 97.1 Å². The number of benzene rings is 3. The minimum Gasteiger partial charge on any atom is -0.302 e. The smallest absolute Gasteiger partial charge is 0.258 e. The maximum Gasteiger partial charge on any atom is 0.258 e. The van der Waals surface area contributed by atoms with E-state index in [0.717, 1.165) is 11.4 Å². The Kier molecular flexibility index (Phi) is 5.02. The maximum atomic E-state index is 13.2. The van der Waals surface area contributed by atoms with E-state index >= 15 is 0 Å². The molecule has 1 heterocycles. The quantitative estimate of drug-likeness (QED) is 0.623. The lowest BCUT2D eigenvalue weighted by atomic mass is 10.1. The van der Waals surface area contributed by atoms with Crippen LogP contribution in [-0.4, -0.2) is 24.9 Å². The van der Waals surface area contributed by atoms with Gasteiger partial charge in [-0.15, -0.1) is 0 Å². The van der Waals surface area contributed by atoms with Crippen LogP contribution in [0.5, 0.6) is 0 Å². The van der Waals surface area contributed by atoms with Gasteiger partial charge < -0.3 is 9.80 Å². The first-order valence-corrected chi connectivity index (χ1v) is 9.23. The van der Waals surface area contributed by atoms with E-state index in [2.05, 4.69) is 0 Å². The lowest BCUT2D eigenvalue weighted by Crippen LogP contribution is -2.37. The fraction of sp³-hybridized carbons (Fsp3) is 0.0833. The van der Waals surface area contributed by atoms with Crippen molar-refractivity contribution in [3.05, 3.63) is 108 Å². The second kappa shape index (κ2) is 7.92. The summed E-state index contributed by atoms with van der Waals surface area (Å²) in [4.78, 5) is 29.8. The third kappa shape index (κ3) is 3.45. The Morgan fingerprint density at radius 1 is 0.536 bits per heavy atom. The summed E-state index contributed by atoms with van der Waals surface area (Å²) >= 11 is 0. The number of hydrogen-bond acceptors (Lipinski definition) is 2. The Morgan fingerprint density at radius 2 is 0.893 bits per heavy atom. The molecule has 4 heteroatoms. The molecular weight excluding hydrogens is 348 g/mol. The molecule has 1 aliphatic heterocycles. The highest BCUT2D eigenvalue weighted by Gasteiger charge is 2.26. The average Bonchev–Trinajstić information content (AvgIpc) is 2.75. The predicted octanol–water partition coefficient (Wildman–Crippen LogP) is 4.55. The van der Waals surface area contributed by atoms with Crippen LogP contribution in [0, 0.1) is 0 Å². The van der Waals surface area contributed by atoms with Gasteiger partial charge in [-0.25, -0.2) is 0 Å². The highest BCUT2D eigenvalue weighted by atomic mass is 16.2. The maximum absolute atomic E-state index is 13.2. The van der Waals surface area contributed by atoms with Crippen molar-refractivity contribution in [3.63, 3.8) is 0 Å². The third-order valence-electron chi connectivity index (χ3n) is 4.74. The van der Waals surface area contributed by atoms with Crippen molar-refractivity contribution in [1.82, 2.24) is 0 Å². The summed E-state index contributed by atoms with van der Waals surface area (Å²) in [7, 11) is 0. The van der Waals surface area contributed by atoms with E-state index in [0.29, 0.717) is 24.2 Å². The van der Waals surface area contributed by atoms with Crippen molar-refractivity contribution >= 4 is 23.2 Å². The third-order valence-corrected chi connectivity index (χ3v) is 4.74. The first-order chi connectivity index (χ1) is 13.8. The molecule has 0 bridgehead atoms. The number of carbonyl (C=O) groups excluding carboxylic acids is 2. The zero-order valence-electron chi connectivity index (χ0n) is 15.4. The van der Waals surface area contributed by atoms with Gasteiger partial charge in [-0.1, -0.05) is 60.7 Å². The predicted molar refractivity (Wildman–Crippen MR) is 112 cm³/mol. The van der Waals surface area contributed by atoms with Gasteiger partial charge in [0.25, 0.3) is 11.8 Å². The first-order valence-electron chi connectivity index (χ1n) is 9.23. The molecule has 0 N–H and O–H groups in total. The summed E-state index contributed by atoms with van der Waals surface area (Å²) in [6.45, 7) is 0.913. The Balaban J connectivity index is 1.77. The fourth-order valence-electron chi connectivity index (χ4n) is 3.33. The molecule has 0 saturated carbocycles. The Labute approximate surface area is 164 Å². The normalized spacial score (nSPS) is 14.6. The molecule has 4 nitrogen and oxygen atoms in total. The zero-order valence-corrected chi connectivity index (χ0v) is 15.4. The Morgan fingerprint density at radius 3 is 1.29 bits per heavy atom. The van der Waals surface area contributed by atoms with E-state index in [1.54, 1.807) is 34.1 Å². The van der Waals surface area contributed by atoms with E-state index in [-0.39, 0.29) is 11.8 Å². The van der Waals surface area contributed by atoms with Gasteiger partial charge >= 0.3 is 0 Å². The molecule has 0 aliphatic carbocycles.